The molecule has 2 aromatic rings. The fourth-order valence-electron chi connectivity index (χ4n) is 1.81. The van der Waals surface area contributed by atoms with E-state index in [1.165, 1.54) is 12.1 Å². The summed E-state index contributed by atoms with van der Waals surface area (Å²) in [7, 11) is -3.74. The minimum absolute atomic E-state index is 0.0368. The molecule has 0 atom stereocenters. The van der Waals surface area contributed by atoms with E-state index in [4.69, 9.17) is 9.63 Å². The Labute approximate surface area is 121 Å². The predicted octanol–water partition coefficient (Wildman–Crippen LogP) is 1.61. The lowest BCUT2D eigenvalue weighted by atomic mass is 10.1. The lowest BCUT2D eigenvalue weighted by molar-refractivity contribution is 0.0696. The highest BCUT2D eigenvalue weighted by Gasteiger charge is 2.22. The number of benzene rings is 1. The molecule has 21 heavy (non-hydrogen) atoms. The number of aromatic nitrogens is 2. The quantitative estimate of drug-likeness (QED) is 0.893. The Morgan fingerprint density at radius 3 is 2.67 bits per heavy atom. The molecule has 0 aliphatic heterocycles. The molecule has 2 rings (SSSR count). The van der Waals surface area contributed by atoms with Crippen LogP contribution in [0.2, 0.25) is 0 Å². The number of nitrogens with zero attached hydrogens (tertiary/aromatic N) is 2. The van der Waals surface area contributed by atoms with Gasteiger partial charge in [0.2, 0.25) is 5.89 Å². The van der Waals surface area contributed by atoms with Crippen molar-refractivity contribution in [2.75, 3.05) is 0 Å². The topological polar surface area (TPSA) is 110 Å². The third-order valence-corrected chi connectivity index (χ3v) is 4.65. The van der Waals surface area contributed by atoms with Gasteiger partial charge in [-0.1, -0.05) is 18.1 Å². The predicted molar refractivity (Wildman–Crippen MR) is 72.7 cm³/mol. The fourth-order valence-corrected chi connectivity index (χ4v) is 3.29. The number of carbonyl (C=O) groups is 1. The maximum Gasteiger partial charge on any atom is 0.335 e. The van der Waals surface area contributed by atoms with E-state index in [9.17, 15) is 13.2 Å². The summed E-state index contributed by atoms with van der Waals surface area (Å²) in [5.41, 5.74) is 0.390. The standard InChI is InChI=1S/C13H14N2O5S/c1-3-12-14-11(15-20-12)7-21(18,19)10-6-9(13(16)17)5-4-8(10)2/h4-6H,3,7H2,1-2H3,(H,16,17). The molecule has 0 radical (unpaired) electrons. The monoisotopic (exact) mass is 310 g/mol. The maximum absolute atomic E-state index is 12.4. The van der Waals surface area contributed by atoms with E-state index < -0.39 is 21.6 Å². The van der Waals surface area contributed by atoms with Crippen molar-refractivity contribution in [2.45, 2.75) is 30.9 Å². The number of sulfone groups is 1. The number of aromatic carboxylic acids is 1. The minimum atomic E-state index is -3.74. The maximum atomic E-state index is 12.4. The molecule has 8 heteroatoms. The number of carboxylic acid groups (broad SMARTS) is 1. The molecule has 1 N–H and O–H groups in total. The molecule has 0 unspecified atom stereocenters. The highest BCUT2D eigenvalue weighted by molar-refractivity contribution is 7.90. The molecule has 0 spiro atoms. The highest BCUT2D eigenvalue weighted by Crippen LogP contribution is 2.21. The van der Waals surface area contributed by atoms with Gasteiger partial charge in [0.25, 0.3) is 0 Å². The first kappa shape index (κ1) is 15.2. The molecule has 1 aromatic heterocycles. The first-order valence-electron chi connectivity index (χ1n) is 6.21. The van der Waals surface area contributed by atoms with Crippen LogP contribution in [0.25, 0.3) is 0 Å². The van der Waals surface area contributed by atoms with Gasteiger partial charge in [-0.25, -0.2) is 13.2 Å². The van der Waals surface area contributed by atoms with Crippen LogP contribution in [0.5, 0.6) is 0 Å². The molecule has 1 aromatic carbocycles. The molecule has 0 aliphatic rings. The largest absolute Gasteiger partial charge is 0.478 e. The molecule has 7 nitrogen and oxygen atoms in total. The number of rotatable bonds is 5. The Morgan fingerprint density at radius 1 is 1.38 bits per heavy atom. The second-order valence-electron chi connectivity index (χ2n) is 4.50. The summed E-state index contributed by atoms with van der Waals surface area (Å²) < 4.78 is 29.6. The van der Waals surface area contributed by atoms with Crippen molar-refractivity contribution in [1.29, 1.82) is 0 Å². The normalized spacial score (nSPS) is 11.5. The number of hydrogen-bond acceptors (Lipinski definition) is 6. The first-order valence-corrected chi connectivity index (χ1v) is 7.87. The number of aryl methyl sites for hydroxylation is 2. The summed E-state index contributed by atoms with van der Waals surface area (Å²) in [5.74, 6) is -1.19. The van der Waals surface area contributed by atoms with Gasteiger partial charge < -0.3 is 9.63 Å². The van der Waals surface area contributed by atoms with Crippen molar-refractivity contribution in [3.8, 4) is 0 Å². The van der Waals surface area contributed by atoms with Gasteiger partial charge in [-0.15, -0.1) is 0 Å². The summed E-state index contributed by atoms with van der Waals surface area (Å²) in [6.45, 7) is 3.42. The smallest absolute Gasteiger partial charge is 0.335 e. The van der Waals surface area contributed by atoms with Crippen LogP contribution >= 0.6 is 0 Å². The van der Waals surface area contributed by atoms with Gasteiger partial charge in [-0.3, -0.25) is 0 Å². The van der Waals surface area contributed by atoms with E-state index in [1.807, 2.05) is 6.92 Å². The van der Waals surface area contributed by atoms with Crippen molar-refractivity contribution >= 4 is 15.8 Å². The van der Waals surface area contributed by atoms with Gasteiger partial charge in [0.1, 0.15) is 5.75 Å². The average molecular weight is 310 g/mol. The zero-order valence-corrected chi connectivity index (χ0v) is 12.3. The van der Waals surface area contributed by atoms with Crippen molar-refractivity contribution in [2.24, 2.45) is 0 Å². The zero-order valence-electron chi connectivity index (χ0n) is 11.5. The average Bonchev–Trinajstić information content (AvgIpc) is 2.85. The van der Waals surface area contributed by atoms with Crippen molar-refractivity contribution < 1.29 is 22.8 Å². The number of hydrogen-bond donors (Lipinski definition) is 1. The third-order valence-electron chi connectivity index (χ3n) is 2.90. The summed E-state index contributed by atoms with van der Waals surface area (Å²) >= 11 is 0. The molecule has 0 bridgehead atoms. The second-order valence-corrected chi connectivity index (χ2v) is 6.46. The van der Waals surface area contributed by atoms with Crippen molar-refractivity contribution in [3.63, 3.8) is 0 Å². The van der Waals surface area contributed by atoms with Gasteiger partial charge in [0, 0.05) is 6.42 Å². The summed E-state index contributed by atoms with van der Waals surface area (Å²) in [5, 5.41) is 12.6. The highest BCUT2D eigenvalue weighted by atomic mass is 32.2. The van der Waals surface area contributed by atoms with E-state index in [0.29, 0.717) is 17.9 Å². The van der Waals surface area contributed by atoms with E-state index in [1.54, 1.807) is 6.92 Å². The second kappa shape index (κ2) is 5.65. The SMILES string of the molecule is CCc1nc(CS(=O)(=O)c2cc(C(=O)O)ccc2C)no1. The van der Waals surface area contributed by atoms with Crippen LogP contribution < -0.4 is 0 Å². The molecular weight excluding hydrogens is 296 g/mol. The minimum Gasteiger partial charge on any atom is -0.478 e. The molecule has 0 saturated heterocycles. The van der Waals surface area contributed by atoms with Crippen LogP contribution in [0, 0.1) is 6.92 Å². The zero-order chi connectivity index (χ0) is 15.6. The summed E-state index contributed by atoms with van der Waals surface area (Å²) in [6, 6.07) is 3.97. The van der Waals surface area contributed by atoms with E-state index in [2.05, 4.69) is 10.1 Å². The van der Waals surface area contributed by atoms with Crippen molar-refractivity contribution in [1.82, 2.24) is 10.1 Å². The Balaban J connectivity index is 2.39. The van der Waals surface area contributed by atoms with E-state index in [0.717, 1.165) is 6.07 Å². The van der Waals surface area contributed by atoms with Crippen LogP contribution in [0.3, 0.4) is 0 Å². The van der Waals surface area contributed by atoms with Crippen molar-refractivity contribution in [3.05, 3.63) is 41.0 Å². The van der Waals surface area contributed by atoms with E-state index >= 15 is 0 Å². The molecule has 0 aliphatic carbocycles. The lowest BCUT2D eigenvalue weighted by Crippen LogP contribution is -2.10. The Bertz CT molecular complexity index is 780. The lowest BCUT2D eigenvalue weighted by Gasteiger charge is -2.07. The Hall–Kier alpha value is -2.22. The molecule has 1 heterocycles. The molecule has 112 valence electrons. The molecule has 0 fully saturated rings. The van der Waals surface area contributed by atoms with Gasteiger partial charge in [-0.2, -0.15) is 4.98 Å². The van der Waals surface area contributed by atoms with Crippen LogP contribution in [-0.2, 0) is 22.0 Å². The third kappa shape index (κ3) is 3.27. The number of carboxylic acids is 1. The molecule has 0 amide bonds. The van der Waals surface area contributed by atoms with Crippen LogP contribution in [0.4, 0.5) is 0 Å². The van der Waals surface area contributed by atoms with Gasteiger partial charge in [0.05, 0.1) is 10.5 Å². The summed E-state index contributed by atoms with van der Waals surface area (Å²) in [4.78, 5) is 14.9. The Morgan fingerprint density at radius 2 is 2.10 bits per heavy atom. The van der Waals surface area contributed by atoms with Crippen LogP contribution in [0.1, 0.15) is 34.6 Å². The van der Waals surface area contributed by atoms with Crippen LogP contribution in [-0.4, -0.2) is 29.6 Å². The fraction of sp³-hybridized carbons (Fsp3) is 0.308. The van der Waals surface area contributed by atoms with E-state index in [-0.39, 0.29) is 16.3 Å². The molecule has 0 saturated carbocycles. The summed E-state index contributed by atoms with van der Waals surface area (Å²) in [6.07, 6.45) is 0.514. The Kier molecular flexibility index (Phi) is 4.08. The molecular formula is C13H14N2O5S. The van der Waals surface area contributed by atoms with Gasteiger partial charge in [0.15, 0.2) is 15.7 Å². The van der Waals surface area contributed by atoms with Crippen LogP contribution in [0.15, 0.2) is 27.6 Å². The van der Waals surface area contributed by atoms with Gasteiger partial charge in [-0.05, 0) is 24.6 Å². The first-order chi connectivity index (χ1) is 9.83. The van der Waals surface area contributed by atoms with Gasteiger partial charge >= 0.3 is 5.97 Å².